The lowest BCUT2D eigenvalue weighted by Gasteiger charge is -2.34. The van der Waals surface area contributed by atoms with Gasteiger partial charge in [0.2, 0.25) is 0 Å². The molecule has 28 heavy (non-hydrogen) atoms. The minimum absolute atomic E-state index is 0. The highest BCUT2D eigenvalue weighted by molar-refractivity contribution is 14.0. The monoisotopic (exact) mass is 531 g/mol. The van der Waals surface area contributed by atoms with Crippen molar-refractivity contribution in [3.63, 3.8) is 0 Å². The molecule has 0 aromatic rings. The van der Waals surface area contributed by atoms with E-state index >= 15 is 0 Å². The standard InChI is InChI=1S/C19H37N3O4S.HI/c1-3-20-19(21-10-13-25-14-15-27(2,23)24)22-11-8-18(9-12-22)26-16-17-6-4-5-7-17;/h17-18H,3-16H2,1-2H3,(H,20,21);1H. The molecule has 7 nitrogen and oxygen atoms in total. The first-order valence-corrected chi connectivity index (χ1v) is 12.4. The Bertz CT molecular complexity index is 545. The Morgan fingerprint density at radius 3 is 2.43 bits per heavy atom. The van der Waals surface area contributed by atoms with Crippen molar-refractivity contribution in [1.82, 2.24) is 10.2 Å². The molecule has 0 atom stereocenters. The number of piperidine rings is 1. The molecule has 0 aromatic carbocycles. The van der Waals surface area contributed by atoms with Gasteiger partial charge in [-0.3, -0.25) is 4.99 Å². The normalized spacial score (nSPS) is 19.6. The first-order valence-electron chi connectivity index (χ1n) is 10.4. The molecule has 2 rings (SSSR count). The maximum absolute atomic E-state index is 11.1. The van der Waals surface area contributed by atoms with E-state index in [0.29, 0.717) is 19.3 Å². The summed E-state index contributed by atoms with van der Waals surface area (Å²) in [6, 6.07) is 0. The maximum Gasteiger partial charge on any atom is 0.193 e. The topological polar surface area (TPSA) is 80.2 Å². The molecule has 1 saturated heterocycles. The molecule has 0 spiro atoms. The fourth-order valence-electron chi connectivity index (χ4n) is 3.64. The molecule has 1 heterocycles. The number of ether oxygens (including phenoxy) is 2. The lowest BCUT2D eigenvalue weighted by atomic mass is 10.1. The number of rotatable bonds is 10. The predicted octanol–water partition coefficient (Wildman–Crippen LogP) is 2.30. The molecule has 0 unspecified atom stereocenters. The molecule has 1 saturated carbocycles. The number of nitrogens with one attached hydrogen (secondary N) is 1. The van der Waals surface area contributed by atoms with Gasteiger partial charge in [-0.25, -0.2) is 8.42 Å². The van der Waals surface area contributed by atoms with E-state index in [1.807, 2.05) is 0 Å². The van der Waals surface area contributed by atoms with Crippen LogP contribution in [0.15, 0.2) is 4.99 Å². The number of halogens is 1. The Balaban J connectivity index is 0.00000392. The van der Waals surface area contributed by atoms with E-state index < -0.39 is 9.84 Å². The van der Waals surface area contributed by atoms with Gasteiger partial charge < -0.3 is 19.7 Å². The van der Waals surface area contributed by atoms with Gasteiger partial charge in [-0.15, -0.1) is 24.0 Å². The van der Waals surface area contributed by atoms with Crippen molar-refractivity contribution in [3.05, 3.63) is 0 Å². The quantitative estimate of drug-likeness (QED) is 0.202. The summed E-state index contributed by atoms with van der Waals surface area (Å²) in [6.45, 7) is 6.93. The molecule has 2 fully saturated rings. The first kappa shape index (κ1) is 25.9. The Hall–Kier alpha value is -0.130. The van der Waals surface area contributed by atoms with E-state index in [-0.39, 0.29) is 36.3 Å². The number of likely N-dealkylation sites (tertiary alicyclic amines) is 1. The maximum atomic E-state index is 11.1. The summed E-state index contributed by atoms with van der Waals surface area (Å²) in [5, 5.41) is 3.34. The van der Waals surface area contributed by atoms with Crippen molar-refractivity contribution in [2.24, 2.45) is 10.9 Å². The number of sulfone groups is 1. The summed E-state index contributed by atoms with van der Waals surface area (Å²) in [5.74, 6) is 1.76. The van der Waals surface area contributed by atoms with E-state index in [1.165, 1.54) is 31.9 Å². The van der Waals surface area contributed by atoms with Crippen molar-refractivity contribution in [2.75, 3.05) is 58.0 Å². The van der Waals surface area contributed by atoms with Crippen LogP contribution in [-0.2, 0) is 19.3 Å². The van der Waals surface area contributed by atoms with E-state index in [4.69, 9.17) is 9.47 Å². The molecule has 0 bridgehead atoms. The summed E-state index contributed by atoms with van der Waals surface area (Å²) in [7, 11) is -2.96. The SMILES string of the molecule is CCNC(=NCCOCCS(C)(=O)=O)N1CCC(OCC2CCCC2)CC1.I. The molecule has 0 aromatic heterocycles. The van der Waals surface area contributed by atoms with Crippen LogP contribution in [0.3, 0.4) is 0 Å². The van der Waals surface area contributed by atoms with Crippen molar-refractivity contribution >= 4 is 39.8 Å². The second-order valence-electron chi connectivity index (χ2n) is 7.65. The third-order valence-corrected chi connectivity index (χ3v) is 6.12. The third-order valence-electron chi connectivity index (χ3n) is 5.21. The van der Waals surface area contributed by atoms with Crippen LogP contribution in [-0.4, -0.2) is 83.4 Å². The molecule has 0 radical (unpaired) electrons. The number of nitrogens with zero attached hydrogens (tertiary/aromatic N) is 2. The first-order chi connectivity index (χ1) is 13.0. The average molecular weight is 532 g/mol. The zero-order valence-corrected chi connectivity index (χ0v) is 20.5. The number of hydrogen-bond acceptors (Lipinski definition) is 5. The molecule has 166 valence electrons. The zero-order valence-electron chi connectivity index (χ0n) is 17.4. The molecule has 1 N–H and O–H groups in total. The fourth-order valence-corrected chi connectivity index (χ4v) is 4.06. The van der Waals surface area contributed by atoms with Gasteiger partial charge >= 0.3 is 0 Å². The Labute approximate surface area is 187 Å². The molecular formula is C19H38IN3O4S. The number of guanidine groups is 1. The highest BCUT2D eigenvalue weighted by Crippen LogP contribution is 2.26. The van der Waals surface area contributed by atoms with Crippen molar-refractivity contribution in [2.45, 2.75) is 51.6 Å². The van der Waals surface area contributed by atoms with Gasteiger partial charge in [-0.05, 0) is 38.5 Å². The molecule has 0 amide bonds. The van der Waals surface area contributed by atoms with Crippen LogP contribution >= 0.6 is 24.0 Å². The highest BCUT2D eigenvalue weighted by Gasteiger charge is 2.23. The predicted molar refractivity (Wildman–Crippen MR) is 124 cm³/mol. The average Bonchev–Trinajstić information content (AvgIpc) is 3.15. The molecule has 1 aliphatic heterocycles. The van der Waals surface area contributed by atoms with Crippen molar-refractivity contribution in [3.8, 4) is 0 Å². The number of aliphatic imine (C=N–C) groups is 1. The van der Waals surface area contributed by atoms with Crippen LogP contribution in [0.25, 0.3) is 0 Å². The van der Waals surface area contributed by atoms with Crippen LogP contribution in [0.2, 0.25) is 0 Å². The van der Waals surface area contributed by atoms with Crippen LogP contribution in [0.5, 0.6) is 0 Å². The lowest BCUT2D eigenvalue weighted by molar-refractivity contribution is 0.000994. The molecular weight excluding hydrogens is 493 g/mol. The number of hydrogen-bond donors (Lipinski definition) is 1. The van der Waals surface area contributed by atoms with Gasteiger partial charge in [0, 0.05) is 32.5 Å². The van der Waals surface area contributed by atoms with Crippen LogP contribution in [0.1, 0.15) is 45.4 Å². The van der Waals surface area contributed by atoms with E-state index in [0.717, 1.165) is 51.0 Å². The highest BCUT2D eigenvalue weighted by atomic mass is 127. The minimum atomic E-state index is -2.96. The van der Waals surface area contributed by atoms with Gasteiger partial charge in [0.25, 0.3) is 0 Å². The van der Waals surface area contributed by atoms with Gasteiger partial charge in [0.1, 0.15) is 9.84 Å². The lowest BCUT2D eigenvalue weighted by Crippen LogP contribution is -2.47. The van der Waals surface area contributed by atoms with Gasteiger partial charge in [-0.1, -0.05) is 12.8 Å². The summed E-state index contributed by atoms with van der Waals surface area (Å²) in [6.07, 6.45) is 9.09. The molecule has 9 heteroatoms. The Morgan fingerprint density at radius 2 is 1.82 bits per heavy atom. The third kappa shape index (κ3) is 10.6. The van der Waals surface area contributed by atoms with Gasteiger partial charge in [0.15, 0.2) is 5.96 Å². The summed E-state index contributed by atoms with van der Waals surface area (Å²) < 4.78 is 33.7. The second kappa shape index (κ2) is 14.0. The molecule has 2 aliphatic rings. The Morgan fingerprint density at radius 1 is 1.14 bits per heavy atom. The molecule has 1 aliphatic carbocycles. The van der Waals surface area contributed by atoms with E-state index in [1.54, 1.807) is 0 Å². The van der Waals surface area contributed by atoms with E-state index in [2.05, 4.69) is 22.1 Å². The summed E-state index contributed by atoms with van der Waals surface area (Å²) in [4.78, 5) is 6.91. The van der Waals surface area contributed by atoms with E-state index in [9.17, 15) is 8.42 Å². The fraction of sp³-hybridized carbons (Fsp3) is 0.947. The van der Waals surface area contributed by atoms with Gasteiger partial charge in [0.05, 0.1) is 31.6 Å². The largest absolute Gasteiger partial charge is 0.378 e. The van der Waals surface area contributed by atoms with Crippen molar-refractivity contribution < 1.29 is 17.9 Å². The van der Waals surface area contributed by atoms with Crippen LogP contribution in [0.4, 0.5) is 0 Å². The summed E-state index contributed by atoms with van der Waals surface area (Å²) in [5.41, 5.74) is 0. The second-order valence-corrected chi connectivity index (χ2v) is 9.91. The van der Waals surface area contributed by atoms with Crippen LogP contribution < -0.4 is 5.32 Å². The van der Waals surface area contributed by atoms with Crippen LogP contribution in [0, 0.1) is 5.92 Å². The summed E-state index contributed by atoms with van der Waals surface area (Å²) >= 11 is 0. The smallest absolute Gasteiger partial charge is 0.193 e. The Kier molecular flexibility index (Phi) is 12.9. The van der Waals surface area contributed by atoms with Gasteiger partial charge in [-0.2, -0.15) is 0 Å². The van der Waals surface area contributed by atoms with Crippen molar-refractivity contribution in [1.29, 1.82) is 0 Å². The zero-order chi connectivity index (χ0) is 19.5. The minimum Gasteiger partial charge on any atom is -0.378 e.